The van der Waals surface area contributed by atoms with Gasteiger partial charge in [-0.25, -0.2) is 0 Å². The number of nitrogens with zero attached hydrogens (tertiary/aromatic N) is 1. The fraction of sp³-hybridized carbons (Fsp3) is 0. The molecule has 0 bridgehead atoms. The van der Waals surface area contributed by atoms with Crippen molar-refractivity contribution in [3.63, 3.8) is 0 Å². The van der Waals surface area contributed by atoms with Crippen molar-refractivity contribution in [2.24, 2.45) is 0 Å². The Bertz CT molecular complexity index is 704. The first-order chi connectivity index (χ1) is 10.4. The van der Waals surface area contributed by atoms with E-state index < -0.39 is 0 Å². The zero-order chi connectivity index (χ0) is 14.3. The molecular weight excluding hydrogens is 274 g/mol. The maximum atomic E-state index is 4.28. The van der Waals surface area contributed by atoms with E-state index in [2.05, 4.69) is 59.6 Å². The van der Waals surface area contributed by atoms with Gasteiger partial charge in [-0.05, 0) is 48.0 Å². The van der Waals surface area contributed by atoms with E-state index >= 15 is 0 Å². The van der Waals surface area contributed by atoms with Gasteiger partial charge in [0.1, 0.15) is 0 Å². The highest BCUT2D eigenvalue weighted by molar-refractivity contribution is 7.99. The Labute approximate surface area is 129 Å². The summed E-state index contributed by atoms with van der Waals surface area (Å²) in [7, 11) is 0. The molecule has 0 atom stereocenters. The van der Waals surface area contributed by atoms with Gasteiger partial charge in [0.2, 0.25) is 0 Å². The van der Waals surface area contributed by atoms with Gasteiger partial charge in [0, 0.05) is 16.0 Å². The molecule has 0 N–H and O–H groups in total. The molecular formula is C19H15NS. The normalized spacial score (nSPS) is 10.9. The first-order valence-corrected chi connectivity index (χ1v) is 7.64. The van der Waals surface area contributed by atoms with Gasteiger partial charge in [-0.3, -0.25) is 4.98 Å². The molecule has 2 aromatic carbocycles. The molecule has 0 aliphatic rings. The van der Waals surface area contributed by atoms with E-state index in [1.807, 2.05) is 30.3 Å². The zero-order valence-corrected chi connectivity index (χ0v) is 12.3. The van der Waals surface area contributed by atoms with Crippen molar-refractivity contribution in [1.29, 1.82) is 0 Å². The average molecular weight is 289 g/mol. The quantitative estimate of drug-likeness (QED) is 0.637. The van der Waals surface area contributed by atoms with Crippen LogP contribution in [0.25, 0.3) is 12.2 Å². The van der Waals surface area contributed by atoms with Crippen LogP contribution in [0, 0.1) is 0 Å². The van der Waals surface area contributed by atoms with E-state index in [1.165, 1.54) is 15.4 Å². The van der Waals surface area contributed by atoms with Crippen LogP contribution in [0.1, 0.15) is 11.3 Å². The molecule has 3 rings (SSSR count). The number of benzene rings is 2. The van der Waals surface area contributed by atoms with Crippen molar-refractivity contribution >= 4 is 23.9 Å². The molecule has 1 nitrogen and oxygen atoms in total. The Morgan fingerprint density at radius 1 is 0.667 bits per heavy atom. The summed E-state index contributed by atoms with van der Waals surface area (Å²) in [6.07, 6.45) is 5.91. The summed E-state index contributed by atoms with van der Waals surface area (Å²) >= 11 is 1.77. The third kappa shape index (κ3) is 4.07. The molecule has 0 amide bonds. The number of rotatable bonds is 4. The van der Waals surface area contributed by atoms with Gasteiger partial charge in [-0.15, -0.1) is 0 Å². The van der Waals surface area contributed by atoms with E-state index in [0.29, 0.717) is 0 Å². The minimum atomic E-state index is 0.972. The van der Waals surface area contributed by atoms with Crippen LogP contribution in [-0.2, 0) is 0 Å². The maximum Gasteiger partial charge on any atom is 0.0629 e. The Kier molecular flexibility index (Phi) is 4.49. The summed E-state index contributed by atoms with van der Waals surface area (Å²) in [5, 5.41) is 0. The molecule has 0 saturated carbocycles. The Hall–Kier alpha value is -2.32. The van der Waals surface area contributed by atoms with E-state index in [1.54, 1.807) is 18.0 Å². The molecule has 0 fully saturated rings. The average Bonchev–Trinajstić information content (AvgIpc) is 2.56. The van der Waals surface area contributed by atoms with Crippen molar-refractivity contribution < 1.29 is 0 Å². The van der Waals surface area contributed by atoms with Crippen LogP contribution in [0.4, 0.5) is 0 Å². The van der Waals surface area contributed by atoms with Crippen LogP contribution in [-0.4, -0.2) is 4.98 Å². The summed E-state index contributed by atoms with van der Waals surface area (Å²) in [6.45, 7) is 0. The largest absolute Gasteiger partial charge is 0.257 e. The molecule has 1 heterocycles. The molecule has 0 spiro atoms. The Morgan fingerprint density at radius 2 is 1.38 bits per heavy atom. The number of hydrogen-bond acceptors (Lipinski definition) is 2. The monoisotopic (exact) mass is 289 g/mol. The van der Waals surface area contributed by atoms with E-state index in [4.69, 9.17) is 0 Å². The second kappa shape index (κ2) is 6.91. The number of hydrogen-bond donors (Lipinski definition) is 0. The molecule has 0 unspecified atom stereocenters. The lowest BCUT2D eigenvalue weighted by molar-refractivity contribution is 1.30. The van der Waals surface area contributed by atoms with Crippen LogP contribution >= 0.6 is 11.8 Å². The van der Waals surface area contributed by atoms with Crippen LogP contribution < -0.4 is 0 Å². The minimum Gasteiger partial charge on any atom is -0.257 e. The summed E-state index contributed by atoms with van der Waals surface area (Å²) in [6, 6.07) is 24.9. The predicted molar refractivity (Wildman–Crippen MR) is 90.2 cm³/mol. The first kappa shape index (κ1) is 13.7. The van der Waals surface area contributed by atoms with Gasteiger partial charge in [0.15, 0.2) is 0 Å². The highest BCUT2D eigenvalue weighted by Gasteiger charge is 1.96. The molecule has 102 valence electrons. The lowest BCUT2D eigenvalue weighted by Gasteiger charge is -2.02. The summed E-state index contributed by atoms with van der Waals surface area (Å²) in [4.78, 5) is 6.78. The van der Waals surface area contributed by atoms with Gasteiger partial charge in [0.05, 0.1) is 5.69 Å². The van der Waals surface area contributed by atoms with Gasteiger partial charge >= 0.3 is 0 Å². The van der Waals surface area contributed by atoms with Crippen LogP contribution in [0.2, 0.25) is 0 Å². The molecule has 0 saturated heterocycles. The van der Waals surface area contributed by atoms with Crippen molar-refractivity contribution in [2.45, 2.75) is 9.79 Å². The van der Waals surface area contributed by atoms with E-state index in [0.717, 1.165) is 5.69 Å². The van der Waals surface area contributed by atoms with Gasteiger partial charge < -0.3 is 0 Å². The summed E-state index contributed by atoms with van der Waals surface area (Å²) in [5.74, 6) is 0. The SMILES string of the molecule is C(=C\c1ccccn1)/c1ccc(Sc2ccccc2)cc1. The molecule has 1 aromatic heterocycles. The first-order valence-electron chi connectivity index (χ1n) is 6.82. The second-order valence-corrected chi connectivity index (χ2v) is 5.72. The topological polar surface area (TPSA) is 12.9 Å². The summed E-state index contributed by atoms with van der Waals surface area (Å²) in [5.41, 5.74) is 2.15. The standard InChI is InChI=1S/C19H15NS/c1-2-7-18(8-3-1)21-19-13-10-16(11-14-19)9-12-17-6-4-5-15-20-17/h1-15H/b12-9+. The molecule has 0 aliphatic carbocycles. The third-order valence-corrected chi connectivity index (χ3v) is 4.01. The minimum absolute atomic E-state index is 0.972. The van der Waals surface area contributed by atoms with Gasteiger partial charge in [-0.1, -0.05) is 54.2 Å². The Balaban J connectivity index is 1.68. The highest BCUT2D eigenvalue weighted by Crippen LogP contribution is 2.27. The van der Waals surface area contributed by atoms with Crippen molar-refractivity contribution in [1.82, 2.24) is 4.98 Å². The third-order valence-electron chi connectivity index (χ3n) is 2.99. The van der Waals surface area contributed by atoms with Crippen LogP contribution in [0.5, 0.6) is 0 Å². The lowest BCUT2D eigenvalue weighted by atomic mass is 10.2. The molecule has 3 aromatic rings. The van der Waals surface area contributed by atoms with Crippen molar-refractivity contribution in [2.75, 3.05) is 0 Å². The fourth-order valence-electron chi connectivity index (χ4n) is 1.93. The smallest absolute Gasteiger partial charge is 0.0629 e. The second-order valence-electron chi connectivity index (χ2n) is 4.57. The number of aromatic nitrogens is 1. The summed E-state index contributed by atoms with van der Waals surface area (Å²) < 4.78 is 0. The lowest BCUT2D eigenvalue weighted by Crippen LogP contribution is -1.78. The van der Waals surface area contributed by atoms with Crippen LogP contribution in [0.15, 0.2) is 88.8 Å². The molecule has 21 heavy (non-hydrogen) atoms. The van der Waals surface area contributed by atoms with Gasteiger partial charge in [0.25, 0.3) is 0 Å². The van der Waals surface area contributed by atoms with Gasteiger partial charge in [-0.2, -0.15) is 0 Å². The van der Waals surface area contributed by atoms with E-state index in [9.17, 15) is 0 Å². The van der Waals surface area contributed by atoms with E-state index in [-0.39, 0.29) is 0 Å². The number of pyridine rings is 1. The predicted octanol–water partition coefficient (Wildman–Crippen LogP) is 5.40. The fourth-order valence-corrected chi connectivity index (χ4v) is 2.77. The molecule has 2 heteroatoms. The van der Waals surface area contributed by atoms with Crippen molar-refractivity contribution in [3.8, 4) is 0 Å². The highest BCUT2D eigenvalue weighted by atomic mass is 32.2. The zero-order valence-electron chi connectivity index (χ0n) is 11.5. The Morgan fingerprint density at radius 3 is 2.10 bits per heavy atom. The molecule has 0 aliphatic heterocycles. The van der Waals surface area contributed by atoms with Crippen LogP contribution in [0.3, 0.4) is 0 Å². The van der Waals surface area contributed by atoms with Crippen molar-refractivity contribution in [3.05, 3.63) is 90.3 Å². The maximum absolute atomic E-state index is 4.28. The molecule has 0 radical (unpaired) electrons.